The number of fused-ring (bicyclic) bond motifs is 2. The van der Waals surface area contributed by atoms with E-state index < -0.39 is 5.91 Å². The van der Waals surface area contributed by atoms with Crippen LogP contribution in [-0.2, 0) is 26.1 Å². The van der Waals surface area contributed by atoms with E-state index >= 15 is 0 Å². The van der Waals surface area contributed by atoms with Crippen molar-refractivity contribution >= 4 is 17.2 Å². The van der Waals surface area contributed by atoms with Gasteiger partial charge in [-0.1, -0.05) is 12.1 Å². The second kappa shape index (κ2) is 9.34. The molecule has 2 aromatic carbocycles. The lowest BCUT2D eigenvalue weighted by atomic mass is 10.0. The van der Waals surface area contributed by atoms with Gasteiger partial charge in [0.2, 0.25) is 0 Å². The molecule has 5 rings (SSSR count). The smallest absolute Gasteiger partial charge is 0.279 e. The zero-order chi connectivity index (χ0) is 24.5. The average Bonchev–Trinajstić information content (AvgIpc) is 3.32. The van der Waals surface area contributed by atoms with Gasteiger partial charge in [0.1, 0.15) is 17.1 Å². The van der Waals surface area contributed by atoms with Crippen LogP contribution in [0.25, 0.3) is 5.65 Å². The summed E-state index contributed by atoms with van der Waals surface area (Å²) in [5, 5.41) is 7.04. The molecular formula is C26H26FN5O3. The summed E-state index contributed by atoms with van der Waals surface area (Å²) in [5.41, 5.74) is 3.81. The van der Waals surface area contributed by atoms with Crippen LogP contribution < -0.4 is 15.6 Å². The summed E-state index contributed by atoms with van der Waals surface area (Å²) in [7, 11) is 1.64. The zero-order valence-electron chi connectivity index (χ0n) is 19.6. The molecule has 1 aliphatic rings. The van der Waals surface area contributed by atoms with Gasteiger partial charge in [0.05, 0.1) is 18.9 Å². The Labute approximate surface area is 201 Å². The number of nitrogens with zero attached hydrogens (tertiary/aromatic N) is 4. The Balaban J connectivity index is 1.46. The number of anilines is 1. The summed E-state index contributed by atoms with van der Waals surface area (Å²) < 4.78 is 21.8. The minimum absolute atomic E-state index is 0.208. The van der Waals surface area contributed by atoms with Gasteiger partial charge in [0.15, 0.2) is 5.65 Å². The van der Waals surface area contributed by atoms with Crippen LogP contribution >= 0.6 is 0 Å². The Morgan fingerprint density at radius 2 is 1.89 bits per heavy atom. The molecule has 1 amide bonds. The van der Waals surface area contributed by atoms with Crippen molar-refractivity contribution in [2.75, 3.05) is 19.0 Å². The third-order valence-electron chi connectivity index (χ3n) is 6.40. The molecule has 2 aromatic heterocycles. The maximum absolute atomic E-state index is 13.4. The number of carbonyl (C=O) groups excluding carboxylic acids is 1. The molecule has 1 aliphatic heterocycles. The van der Waals surface area contributed by atoms with Crippen molar-refractivity contribution in [2.45, 2.75) is 33.0 Å². The van der Waals surface area contributed by atoms with Gasteiger partial charge in [0, 0.05) is 44.0 Å². The van der Waals surface area contributed by atoms with Crippen molar-refractivity contribution in [3.05, 3.63) is 93.3 Å². The normalized spacial score (nSPS) is 13.6. The first kappa shape index (κ1) is 22.8. The molecule has 35 heavy (non-hydrogen) atoms. The van der Waals surface area contributed by atoms with E-state index in [1.807, 2.05) is 35.8 Å². The number of nitrogens with one attached hydrogen (secondary N) is 1. The van der Waals surface area contributed by atoms with Crippen LogP contribution in [0.1, 0.15) is 34.1 Å². The van der Waals surface area contributed by atoms with Gasteiger partial charge in [-0.15, -0.1) is 0 Å². The fourth-order valence-electron chi connectivity index (χ4n) is 4.66. The van der Waals surface area contributed by atoms with Gasteiger partial charge in [-0.2, -0.15) is 9.61 Å². The summed E-state index contributed by atoms with van der Waals surface area (Å²) in [6.07, 6.45) is 2.11. The zero-order valence-corrected chi connectivity index (χ0v) is 19.6. The lowest BCUT2D eigenvalue weighted by Crippen LogP contribution is -2.38. The highest BCUT2D eigenvalue weighted by molar-refractivity contribution is 6.08. The number of hydrogen-bond donors (Lipinski definition) is 1. The van der Waals surface area contributed by atoms with Crippen molar-refractivity contribution in [3.63, 3.8) is 0 Å². The van der Waals surface area contributed by atoms with Crippen LogP contribution in [0.3, 0.4) is 0 Å². The van der Waals surface area contributed by atoms with E-state index in [1.165, 1.54) is 35.0 Å². The summed E-state index contributed by atoms with van der Waals surface area (Å²) in [5.74, 6) is 0.0282. The predicted octanol–water partition coefficient (Wildman–Crippen LogP) is 3.47. The van der Waals surface area contributed by atoms with E-state index in [0.717, 1.165) is 30.1 Å². The lowest BCUT2D eigenvalue weighted by molar-refractivity contribution is 0.102. The third-order valence-corrected chi connectivity index (χ3v) is 6.40. The number of methoxy groups -OCH3 is 1. The van der Waals surface area contributed by atoms with E-state index in [2.05, 4.69) is 15.3 Å². The van der Waals surface area contributed by atoms with Crippen molar-refractivity contribution in [2.24, 2.45) is 0 Å². The minimum Gasteiger partial charge on any atom is -0.497 e. The maximum atomic E-state index is 13.4. The van der Waals surface area contributed by atoms with E-state index in [9.17, 15) is 14.0 Å². The average molecular weight is 476 g/mol. The predicted molar refractivity (Wildman–Crippen MR) is 130 cm³/mol. The van der Waals surface area contributed by atoms with Gasteiger partial charge in [0.25, 0.3) is 11.5 Å². The van der Waals surface area contributed by atoms with Crippen molar-refractivity contribution in [3.8, 4) is 5.75 Å². The molecule has 0 unspecified atom stereocenters. The Hall–Kier alpha value is -3.98. The highest BCUT2D eigenvalue weighted by Crippen LogP contribution is 2.23. The molecule has 0 saturated carbocycles. The number of carbonyl (C=O) groups is 1. The standard InChI is InChI=1S/C26H26FN5O3/c1-3-31-23-12-13-30(15-17-4-10-20(35-2)11-5-17)16-22(23)26(34)32-25(31)21(14-28-32)24(33)29-19-8-6-18(27)7-9-19/h4-11,14H,3,12-13,15-16H2,1-2H3,(H,29,33). The van der Waals surface area contributed by atoms with E-state index in [0.29, 0.717) is 42.0 Å². The fourth-order valence-corrected chi connectivity index (χ4v) is 4.66. The van der Waals surface area contributed by atoms with E-state index in [-0.39, 0.29) is 11.4 Å². The lowest BCUT2D eigenvalue weighted by Gasteiger charge is -2.30. The minimum atomic E-state index is -0.398. The number of aryl methyl sites for hydroxylation is 1. The first-order valence-electron chi connectivity index (χ1n) is 11.5. The first-order chi connectivity index (χ1) is 17.0. The third kappa shape index (κ3) is 4.30. The number of benzene rings is 2. The van der Waals surface area contributed by atoms with Crippen molar-refractivity contribution in [1.29, 1.82) is 0 Å². The molecule has 9 heteroatoms. The van der Waals surface area contributed by atoms with Gasteiger partial charge in [-0.25, -0.2) is 4.39 Å². The van der Waals surface area contributed by atoms with E-state index in [4.69, 9.17) is 4.74 Å². The van der Waals surface area contributed by atoms with Gasteiger partial charge < -0.3 is 14.6 Å². The fraction of sp³-hybridized carbons (Fsp3) is 0.269. The molecule has 1 N–H and O–H groups in total. The van der Waals surface area contributed by atoms with E-state index in [1.54, 1.807) is 7.11 Å². The second-order valence-corrected chi connectivity index (χ2v) is 8.54. The number of rotatable bonds is 6. The highest BCUT2D eigenvalue weighted by atomic mass is 19.1. The molecule has 180 valence electrons. The summed E-state index contributed by atoms with van der Waals surface area (Å²) in [6.45, 7) is 4.60. The molecule has 4 aromatic rings. The SMILES string of the molecule is CCn1c2c(c(=O)n3ncc(C(=O)Nc4ccc(F)cc4)c13)CN(Cc1ccc(OC)cc1)CC2. The molecule has 0 aliphatic carbocycles. The van der Waals surface area contributed by atoms with Crippen LogP contribution in [0.4, 0.5) is 10.1 Å². The molecule has 0 bridgehead atoms. The Bertz CT molecular complexity index is 1440. The maximum Gasteiger partial charge on any atom is 0.279 e. The Morgan fingerprint density at radius 3 is 2.57 bits per heavy atom. The summed E-state index contributed by atoms with van der Waals surface area (Å²) in [6, 6.07) is 13.5. The molecule has 0 radical (unpaired) electrons. The van der Waals surface area contributed by atoms with Gasteiger partial charge in [-0.3, -0.25) is 14.5 Å². The first-order valence-corrected chi connectivity index (χ1v) is 11.5. The van der Waals surface area contributed by atoms with Crippen molar-refractivity contribution < 1.29 is 13.9 Å². The Morgan fingerprint density at radius 1 is 1.14 bits per heavy atom. The highest BCUT2D eigenvalue weighted by Gasteiger charge is 2.27. The number of aromatic nitrogens is 3. The van der Waals surface area contributed by atoms with Crippen LogP contribution in [0.5, 0.6) is 5.75 Å². The number of amides is 1. The van der Waals surface area contributed by atoms with Gasteiger partial charge in [-0.05, 0) is 48.9 Å². The molecule has 0 saturated heterocycles. The Kier molecular flexibility index (Phi) is 6.08. The van der Waals surface area contributed by atoms with Crippen LogP contribution in [0, 0.1) is 5.82 Å². The molecular weight excluding hydrogens is 449 g/mol. The van der Waals surface area contributed by atoms with Crippen LogP contribution in [0.15, 0.2) is 59.5 Å². The molecule has 3 heterocycles. The number of halogens is 1. The summed E-state index contributed by atoms with van der Waals surface area (Å²) >= 11 is 0. The molecule has 0 spiro atoms. The largest absolute Gasteiger partial charge is 0.497 e. The topological polar surface area (TPSA) is 80.9 Å². The summed E-state index contributed by atoms with van der Waals surface area (Å²) in [4.78, 5) is 28.7. The van der Waals surface area contributed by atoms with Crippen LogP contribution in [0.2, 0.25) is 0 Å². The number of ether oxygens (including phenoxy) is 1. The quantitative estimate of drug-likeness (QED) is 0.462. The van der Waals surface area contributed by atoms with Crippen LogP contribution in [-0.4, -0.2) is 38.6 Å². The monoisotopic (exact) mass is 475 g/mol. The molecule has 8 nitrogen and oxygen atoms in total. The number of hydrogen-bond acceptors (Lipinski definition) is 5. The molecule has 0 atom stereocenters. The van der Waals surface area contributed by atoms with Crippen molar-refractivity contribution in [1.82, 2.24) is 19.1 Å². The second-order valence-electron chi connectivity index (χ2n) is 8.54. The molecule has 0 fully saturated rings. The van der Waals surface area contributed by atoms with Gasteiger partial charge >= 0.3 is 0 Å².